The van der Waals surface area contributed by atoms with Gasteiger partial charge in [0.2, 0.25) is 0 Å². The fourth-order valence-electron chi connectivity index (χ4n) is 14.8. The second kappa shape index (κ2) is 32.8. The van der Waals surface area contributed by atoms with Gasteiger partial charge in [0.1, 0.15) is 28.8 Å². The van der Waals surface area contributed by atoms with Crippen molar-refractivity contribution in [2.24, 2.45) is 0 Å². The topological polar surface area (TPSA) is 114 Å². The van der Waals surface area contributed by atoms with Gasteiger partial charge in [0, 0.05) is 92.9 Å². The van der Waals surface area contributed by atoms with Crippen molar-refractivity contribution in [2.45, 2.75) is 79.1 Å². The van der Waals surface area contributed by atoms with E-state index < -0.39 is 11.9 Å². The number of hydrogen-bond acceptors (Lipinski definition) is 8. The van der Waals surface area contributed by atoms with Crippen LogP contribution in [-0.4, -0.2) is 111 Å². The van der Waals surface area contributed by atoms with Gasteiger partial charge in [-0.25, -0.2) is 15.0 Å². The number of imidazole rings is 2. The molecule has 18 rings (SSSR count). The van der Waals surface area contributed by atoms with Crippen LogP contribution >= 0.6 is 37.7 Å². The fourth-order valence-corrected chi connectivity index (χ4v) is 14.8. The number of pyridine rings is 6. The summed E-state index contributed by atoms with van der Waals surface area (Å²) in [6.07, 6.45) is 15.3. The van der Waals surface area contributed by atoms with Crippen LogP contribution < -0.4 is 9.47 Å². The first-order chi connectivity index (χ1) is 50.9. The predicted molar refractivity (Wildman–Crippen MR) is 433 cm³/mol. The van der Waals surface area contributed by atoms with Crippen LogP contribution in [-0.2, 0) is 33.0 Å². The maximum atomic E-state index is 6.65. The molecule has 106 heavy (non-hydrogen) atoms. The number of fused-ring (bicyclic) bond motifs is 18. The SMILES string of the molecule is CC(C)c1cccc(C(C)C)c1-c1cnc2c3[c-]c(Oc4[c-]c5c(cc4)c4ccccc4n5-c4ccccn4)ccc3c3ccncc3n12.CC(C)c1cccc(C(C)C)c1-c1cnc2c3cc(Oc4ccc5c6ccccc6n(-c6ccccn6)c5c4)ccc3c3ccncc3n12.[Cl][Pt]([Cl])([Cl])[Cl].[K][K].[Pt+2]. The van der Waals surface area contributed by atoms with Gasteiger partial charge in [-0.3, -0.25) is 23.9 Å². The summed E-state index contributed by atoms with van der Waals surface area (Å²) < 4.78 is 22.1. The Kier molecular flexibility index (Phi) is 23.7. The Morgan fingerprint density at radius 2 is 0.802 bits per heavy atom. The first kappa shape index (κ1) is 76.6. The second-order valence-electron chi connectivity index (χ2n) is 26.8. The molecule has 0 amide bonds. The molecule has 0 saturated carbocycles. The smallest absolute Gasteiger partial charge is 2.00 e. The van der Waals surface area contributed by atoms with Gasteiger partial charge in [0.15, 0.2) is 0 Å². The van der Waals surface area contributed by atoms with E-state index in [1.165, 1.54) is 102 Å². The Bertz CT molecular complexity index is 5890. The Labute approximate surface area is 693 Å². The van der Waals surface area contributed by atoms with Gasteiger partial charge < -0.3 is 18.4 Å². The number of para-hydroxylation sites is 2. The number of rotatable bonds is 12. The third kappa shape index (κ3) is 14.9. The standard InChI is InChI=1S/C43H35N5O.C43H33N5O.4ClH.2K.2Pt/c2*1-26(2)30-11-9-12-31(27(3)4)42(30)40-25-46-43-36-22-28(15-17-32(36)35-19-21-44-24-39(35)48(40)43)49-29-16-18-34-33-10-5-6-13-37(33)47(38(34)23-29)41-14-7-8-20-45-41;;;;;;;;/h5-27H,1-4H3;5-21,24-27H,1-4H3;4*1H;;;;/q;-2;;;;;;;+2;+4/p-4. The van der Waals surface area contributed by atoms with Crippen LogP contribution in [0.1, 0.15) is 101 Å². The van der Waals surface area contributed by atoms with E-state index in [2.05, 4.69) is 239 Å². The first-order valence-electron chi connectivity index (χ1n) is 35.1. The van der Waals surface area contributed by atoms with Crippen LogP contribution in [0.15, 0.2) is 244 Å². The molecule has 0 aliphatic carbocycles. The van der Waals surface area contributed by atoms with Crippen molar-refractivity contribution in [3.05, 3.63) is 278 Å². The van der Waals surface area contributed by atoms with Gasteiger partial charge in [-0.15, -0.1) is 29.7 Å². The molecule has 524 valence electrons. The molecule has 0 aliphatic heterocycles. The number of halogens is 4. The van der Waals surface area contributed by atoms with E-state index in [-0.39, 0.29) is 21.1 Å². The van der Waals surface area contributed by atoms with Crippen LogP contribution in [0.4, 0.5) is 0 Å². The van der Waals surface area contributed by atoms with Crippen molar-refractivity contribution in [3.8, 4) is 57.1 Å². The van der Waals surface area contributed by atoms with Crippen molar-refractivity contribution < 1.29 is 42.4 Å². The number of hydrogen-bond donors (Lipinski definition) is 0. The zero-order valence-electron chi connectivity index (χ0n) is 59.8. The van der Waals surface area contributed by atoms with Gasteiger partial charge in [0.25, 0.3) is 0 Å². The molecule has 0 radical (unpaired) electrons. The monoisotopic (exact) mass is 1880 g/mol. The quantitative estimate of drug-likeness (QED) is 0.0675. The molecule has 0 bridgehead atoms. The Morgan fingerprint density at radius 1 is 0.368 bits per heavy atom. The van der Waals surface area contributed by atoms with E-state index in [1.54, 1.807) is 0 Å². The summed E-state index contributed by atoms with van der Waals surface area (Å²) >= 11 is -0.556. The minimum absolute atomic E-state index is 0. The van der Waals surface area contributed by atoms with Gasteiger partial charge in [-0.05, 0) is 141 Å². The van der Waals surface area contributed by atoms with Gasteiger partial charge in [-0.2, -0.15) is 6.07 Å². The van der Waals surface area contributed by atoms with E-state index in [0.717, 1.165) is 127 Å². The second-order valence-corrected chi connectivity index (χ2v) is 46.5. The van der Waals surface area contributed by atoms with Gasteiger partial charge in [-0.1, -0.05) is 163 Å². The average molecular weight is 1880 g/mol. The summed E-state index contributed by atoms with van der Waals surface area (Å²) in [5, 5.41) is 10.8. The van der Waals surface area contributed by atoms with E-state index in [0.29, 0.717) is 35.2 Å². The molecule has 0 fully saturated rings. The molecule has 10 aromatic heterocycles. The normalized spacial score (nSPS) is 11.9. The fraction of sp³-hybridized carbons (Fsp3) is 0.140. The van der Waals surface area contributed by atoms with Crippen LogP contribution in [0.2, 0.25) is 0 Å². The summed E-state index contributed by atoms with van der Waals surface area (Å²) in [5.41, 5.74) is 17.8. The zero-order chi connectivity index (χ0) is 72.9. The van der Waals surface area contributed by atoms with Gasteiger partial charge >= 0.3 is 134 Å². The molecule has 0 aliphatic rings. The molecular formula is C86H68Cl4K2N10O2Pt2. The molecule has 12 nitrogen and oxygen atoms in total. The van der Waals surface area contributed by atoms with Gasteiger partial charge in [0.05, 0.1) is 51.5 Å². The van der Waals surface area contributed by atoms with E-state index in [1.807, 2.05) is 110 Å². The molecule has 20 heteroatoms. The van der Waals surface area contributed by atoms with Crippen LogP contribution in [0, 0.1) is 12.1 Å². The molecule has 0 N–H and O–H groups in total. The molecule has 10 heterocycles. The zero-order valence-corrected chi connectivity index (χ0v) is 73.7. The summed E-state index contributed by atoms with van der Waals surface area (Å²) in [4.78, 5) is 28.6. The molecule has 8 aromatic carbocycles. The third-order valence-corrected chi connectivity index (χ3v) is 19.2. The summed E-state index contributed by atoms with van der Waals surface area (Å²) in [7, 11) is 20.0. The minimum Gasteiger partial charge on any atom is 2.00 e. The molecule has 0 atom stereocenters. The average Bonchev–Trinajstić information content (AvgIpc) is 1.10. The minimum atomic E-state index is -3.06. The van der Waals surface area contributed by atoms with E-state index in [4.69, 9.17) is 57.1 Å². The molecular weight excluding hydrogens is 1820 g/mol. The Morgan fingerprint density at radius 3 is 1.35 bits per heavy atom. The van der Waals surface area contributed by atoms with Crippen molar-refractivity contribution in [1.82, 2.24) is 47.8 Å². The maximum absolute atomic E-state index is 6.65. The van der Waals surface area contributed by atoms with Crippen LogP contribution in [0.5, 0.6) is 23.0 Å². The predicted octanol–water partition coefficient (Wildman–Crippen LogP) is 24.1. The van der Waals surface area contributed by atoms with E-state index >= 15 is 0 Å². The number of nitrogens with zero attached hydrogens (tertiary/aromatic N) is 10. The third-order valence-electron chi connectivity index (χ3n) is 19.2. The van der Waals surface area contributed by atoms with Crippen LogP contribution in [0.25, 0.3) is 132 Å². The summed E-state index contributed by atoms with van der Waals surface area (Å²) in [5.74, 6) is 5.81. The van der Waals surface area contributed by atoms with E-state index in [9.17, 15) is 0 Å². The van der Waals surface area contributed by atoms with Crippen LogP contribution in [0.3, 0.4) is 0 Å². The molecule has 0 unspecified atom stereocenters. The molecule has 0 spiro atoms. The van der Waals surface area contributed by atoms with Crippen molar-refractivity contribution >= 4 is 199 Å². The summed E-state index contributed by atoms with van der Waals surface area (Å²) in [6, 6.07) is 74.2. The number of aromatic nitrogens is 10. The first-order valence-corrected chi connectivity index (χ1v) is 62.4. The molecule has 18 aromatic rings. The largest absolute Gasteiger partial charge is 2.00 e. The Balaban J connectivity index is 0.000000163. The summed E-state index contributed by atoms with van der Waals surface area (Å²) in [6.45, 7) is 18.1. The van der Waals surface area contributed by atoms with Crippen molar-refractivity contribution in [2.75, 3.05) is 0 Å². The maximum Gasteiger partial charge on any atom is 2.00 e. The number of benzene rings is 8. The number of ether oxygens (including phenoxy) is 2. The molecule has 0 saturated heterocycles. The Hall–Kier alpha value is -6.21. The van der Waals surface area contributed by atoms with Crippen molar-refractivity contribution in [3.63, 3.8) is 0 Å². The van der Waals surface area contributed by atoms with Crippen molar-refractivity contribution in [1.29, 1.82) is 0 Å².